The summed E-state index contributed by atoms with van der Waals surface area (Å²) in [6, 6.07) is 13.8. The number of amides is 1. The molecular weight excluding hydrogens is 325 g/mol. The van der Waals surface area contributed by atoms with E-state index < -0.39 is 5.91 Å². The summed E-state index contributed by atoms with van der Waals surface area (Å²) in [5.41, 5.74) is 1.11. The van der Waals surface area contributed by atoms with E-state index in [1.165, 1.54) is 0 Å². The zero-order valence-corrected chi connectivity index (χ0v) is 12.6. The summed E-state index contributed by atoms with van der Waals surface area (Å²) in [6.07, 6.45) is 0. The molecule has 1 heterocycles. The van der Waals surface area contributed by atoms with E-state index in [1.807, 2.05) is 0 Å². The molecule has 0 saturated carbocycles. The molecule has 5 nitrogen and oxygen atoms in total. The second-order valence-corrected chi connectivity index (χ2v) is 5.20. The zero-order valence-electron chi connectivity index (χ0n) is 11.1. The Hall–Kier alpha value is -2.37. The molecule has 22 heavy (non-hydrogen) atoms. The number of halogens is 2. The lowest BCUT2D eigenvalue weighted by molar-refractivity contribution is 0.0991. The summed E-state index contributed by atoms with van der Waals surface area (Å²) in [7, 11) is 0. The quantitative estimate of drug-likeness (QED) is 0.776. The van der Waals surface area contributed by atoms with Crippen LogP contribution in [0.3, 0.4) is 0 Å². The Morgan fingerprint density at radius 2 is 1.86 bits per heavy atom. The fourth-order valence-electron chi connectivity index (χ4n) is 1.81. The van der Waals surface area contributed by atoms with Gasteiger partial charge in [0.05, 0.1) is 10.6 Å². The van der Waals surface area contributed by atoms with Crippen molar-refractivity contribution < 1.29 is 9.21 Å². The first-order chi connectivity index (χ1) is 10.6. The highest BCUT2D eigenvalue weighted by Crippen LogP contribution is 2.26. The molecule has 0 saturated heterocycles. The van der Waals surface area contributed by atoms with Crippen LogP contribution in [0.15, 0.2) is 52.9 Å². The van der Waals surface area contributed by atoms with Gasteiger partial charge in [-0.05, 0) is 30.3 Å². The van der Waals surface area contributed by atoms with E-state index in [0.29, 0.717) is 21.3 Å². The van der Waals surface area contributed by atoms with Crippen LogP contribution >= 0.6 is 23.2 Å². The molecule has 1 amide bonds. The number of carbonyl (C=O) groups is 1. The summed E-state index contributed by atoms with van der Waals surface area (Å²) >= 11 is 11.9. The van der Waals surface area contributed by atoms with Crippen LogP contribution in [0.5, 0.6) is 0 Å². The Kier molecular flexibility index (Phi) is 4.09. The summed E-state index contributed by atoms with van der Waals surface area (Å²) in [5.74, 6) is -0.496. The van der Waals surface area contributed by atoms with Crippen LogP contribution in [-0.4, -0.2) is 16.1 Å². The van der Waals surface area contributed by atoms with Crippen molar-refractivity contribution in [2.45, 2.75) is 0 Å². The molecule has 0 aliphatic rings. The predicted octanol–water partition coefficient (Wildman–Crippen LogP) is 4.30. The predicted molar refractivity (Wildman–Crippen MR) is 84.1 cm³/mol. The Labute approximate surface area is 135 Å². The van der Waals surface area contributed by atoms with Crippen LogP contribution in [0, 0.1) is 0 Å². The average Bonchev–Trinajstić information content (AvgIpc) is 2.97. The highest BCUT2D eigenvalue weighted by Gasteiger charge is 2.17. The van der Waals surface area contributed by atoms with E-state index >= 15 is 0 Å². The summed E-state index contributed by atoms with van der Waals surface area (Å²) in [4.78, 5) is 12.1. The average molecular weight is 334 g/mol. The van der Waals surface area contributed by atoms with Gasteiger partial charge in [-0.2, -0.15) is 0 Å². The molecule has 1 aromatic heterocycles. The van der Waals surface area contributed by atoms with E-state index in [0.717, 1.165) is 0 Å². The van der Waals surface area contributed by atoms with Crippen LogP contribution in [0.25, 0.3) is 11.5 Å². The standard InChI is InChI=1S/C15H9Cl2N3O2/c16-9-4-3-5-10(8-9)18-13(21)15-20-19-14(22-15)11-6-1-2-7-12(11)17/h1-8H,(H,18,21). The van der Waals surface area contributed by atoms with Gasteiger partial charge in [0.1, 0.15) is 0 Å². The fraction of sp³-hybridized carbons (Fsp3) is 0. The third-order valence-corrected chi connectivity index (χ3v) is 3.37. The minimum absolute atomic E-state index is 0.158. The van der Waals surface area contributed by atoms with Crippen molar-refractivity contribution in [2.75, 3.05) is 5.32 Å². The maximum atomic E-state index is 12.1. The molecule has 0 unspecified atom stereocenters. The first-order valence-electron chi connectivity index (χ1n) is 6.29. The van der Waals surface area contributed by atoms with Crippen LogP contribution in [0.2, 0.25) is 10.0 Å². The number of hydrogen-bond donors (Lipinski definition) is 1. The minimum Gasteiger partial charge on any atom is -0.412 e. The lowest BCUT2D eigenvalue weighted by Crippen LogP contribution is -2.12. The number of aromatic nitrogens is 2. The second-order valence-electron chi connectivity index (χ2n) is 4.36. The molecule has 3 aromatic rings. The lowest BCUT2D eigenvalue weighted by atomic mass is 10.2. The molecule has 0 aliphatic heterocycles. The van der Waals surface area contributed by atoms with Crippen LogP contribution in [0.1, 0.15) is 10.7 Å². The molecule has 0 fully saturated rings. The minimum atomic E-state index is -0.520. The third kappa shape index (κ3) is 3.10. The molecule has 3 rings (SSSR count). The van der Waals surface area contributed by atoms with Gasteiger partial charge in [0, 0.05) is 10.7 Å². The maximum Gasteiger partial charge on any atom is 0.313 e. The molecule has 1 N–H and O–H groups in total. The molecule has 110 valence electrons. The largest absolute Gasteiger partial charge is 0.412 e. The van der Waals surface area contributed by atoms with Crippen molar-refractivity contribution in [3.8, 4) is 11.5 Å². The van der Waals surface area contributed by atoms with Gasteiger partial charge in [-0.3, -0.25) is 4.79 Å². The van der Waals surface area contributed by atoms with Gasteiger partial charge in [0.15, 0.2) is 0 Å². The van der Waals surface area contributed by atoms with Crippen molar-refractivity contribution in [3.05, 3.63) is 64.5 Å². The Bertz CT molecular complexity index is 833. The van der Waals surface area contributed by atoms with Crippen LogP contribution in [-0.2, 0) is 0 Å². The number of nitrogens with one attached hydrogen (secondary N) is 1. The van der Waals surface area contributed by atoms with Crippen LogP contribution < -0.4 is 5.32 Å². The first kappa shape index (κ1) is 14.6. The Balaban J connectivity index is 1.82. The van der Waals surface area contributed by atoms with E-state index in [1.54, 1.807) is 48.5 Å². The molecule has 0 radical (unpaired) electrons. The Morgan fingerprint density at radius 3 is 2.64 bits per heavy atom. The van der Waals surface area contributed by atoms with Gasteiger partial charge in [-0.1, -0.05) is 41.4 Å². The van der Waals surface area contributed by atoms with E-state index in [2.05, 4.69) is 15.5 Å². The molecule has 0 aliphatic carbocycles. The number of anilines is 1. The SMILES string of the molecule is O=C(Nc1cccc(Cl)c1)c1nnc(-c2ccccc2Cl)o1. The number of carbonyl (C=O) groups excluding carboxylic acids is 1. The Morgan fingerprint density at radius 1 is 1.05 bits per heavy atom. The fourth-order valence-corrected chi connectivity index (χ4v) is 2.22. The number of hydrogen-bond acceptors (Lipinski definition) is 4. The van der Waals surface area contributed by atoms with Crippen molar-refractivity contribution in [2.24, 2.45) is 0 Å². The van der Waals surface area contributed by atoms with E-state index in [4.69, 9.17) is 27.6 Å². The third-order valence-electron chi connectivity index (χ3n) is 2.81. The van der Waals surface area contributed by atoms with Gasteiger partial charge < -0.3 is 9.73 Å². The van der Waals surface area contributed by atoms with Gasteiger partial charge in [-0.25, -0.2) is 0 Å². The highest BCUT2D eigenvalue weighted by molar-refractivity contribution is 6.33. The molecule has 2 aromatic carbocycles. The molecule has 0 spiro atoms. The number of benzene rings is 2. The van der Waals surface area contributed by atoms with Crippen molar-refractivity contribution >= 4 is 34.8 Å². The van der Waals surface area contributed by atoms with Gasteiger partial charge in [-0.15, -0.1) is 10.2 Å². The van der Waals surface area contributed by atoms with E-state index in [-0.39, 0.29) is 11.8 Å². The second kappa shape index (κ2) is 6.17. The maximum absolute atomic E-state index is 12.1. The summed E-state index contributed by atoms with van der Waals surface area (Å²) in [6.45, 7) is 0. The van der Waals surface area contributed by atoms with Gasteiger partial charge >= 0.3 is 11.8 Å². The van der Waals surface area contributed by atoms with Gasteiger partial charge in [0.2, 0.25) is 5.89 Å². The molecule has 0 bridgehead atoms. The van der Waals surface area contributed by atoms with Crippen molar-refractivity contribution in [1.82, 2.24) is 10.2 Å². The zero-order chi connectivity index (χ0) is 15.5. The van der Waals surface area contributed by atoms with E-state index in [9.17, 15) is 4.79 Å². The van der Waals surface area contributed by atoms with Gasteiger partial charge in [0.25, 0.3) is 0 Å². The highest BCUT2D eigenvalue weighted by atomic mass is 35.5. The lowest BCUT2D eigenvalue weighted by Gasteiger charge is -2.02. The monoisotopic (exact) mass is 333 g/mol. The summed E-state index contributed by atoms with van der Waals surface area (Å²) < 4.78 is 5.36. The normalized spacial score (nSPS) is 10.5. The smallest absolute Gasteiger partial charge is 0.313 e. The van der Waals surface area contributed by atoms with Crippen LogP contribution in [0.4, 0.5) is 5.69 Å². The van der Waals surface area contributed by atoms with Crippen molar-refractivity contribution in [1.29, 1.82) is 0 Å². The molecular formula is C15H9Cl2N3O2. The summed E-state index contributed by atoms with van der Waals surface area (Å²) in [5, 5.41) is 11.2. The topological polar surface area (TPSA) is 68.0 Å². The number of nitrogens with zero attached hydrogens (tertiary/aromatic N) is 2. The molecule has 0 atom stereocenters. The number of rotatable bonds is 3. The first-order valence-corrected chi connectivity index (χ1v) is 7.04. The van der Waals surface area contributed by atoms with Crippen molar-refractivity contribution in [3.63, 3.8) is 0 Å². The molecule has 7 heteroatoms.